The number of rotatable bonds is 7. The highest BCUT2D eigenvalue weighted by Crippen LogP contribution is 2.26. The van der Waals surface area contributed by atoms with Gasteiger partial charge < -0.3 is 9.47 Å². The maximum atomic E-state index is 11.5. The standard InChI is InChI=1S/C17H18O3S/c1-13(18)14-7-3-4-8-15(14)19-11-12-20-16-9-5-6-10-17(16)21-2/h3-10H,11-12H2,1-2H3. The van der Waals surface area contributed by atoms with Crippen LogP contribution in [-0.4, -0.2) is 25.3 Å². The Morgan fingerprint density at radius 3 is 2.19 bits per heavy atom. The number of Topliss-reactive ketones (excluding diaryl/α,β-unsaturated/α-hetero) is 1. The van der Waals surface area contributed by atoms with Gasteiger partial charge >= 0.3 is 0 Å². The van der Waals surface area contributed by atoms with E-state index < -0.39 is 0 Å². The lowest BCUT2D eigenvalue weighted by atomic mass is 10.1. The zero-order valence-electron chi connectivity index (χ0n) is 12.2. The van der Waals surface area contributed by atoms with E-state index in [1.807, 2.05) is 42.7 Å². The number of para-hydroxylation sites is 2. The summed E-state index contributed by atoms with van der Waals surface area (Å²) in [4.78, 5) is 12.6. The summed E-state index contributed by atoms with van der Waals surface area (Å²) in [5.41, 5.74) is 0.599. The van der Waals surface area contributed by atoms with Gasteiger partial charge in [0, 0.05) is 4.90 Å². The van der Waals surface area contributed by atoms with Gasteiger partial charge in [0.1, 0.15) is 24.7 Å². The molecule has 110 valence electrons. The van der Waals surface area contributed by atoms with Crippen molar-refractivity contribution in [2.75, 3.05) is 19.5 Å². The van der Waals surface area contributed by atoms with Crippen molar-refractivity contribution in [2.45, 2.75) is 11.8 Å². The molecule has 3 nitrogen and oxygen atoms in total. The van der Waals surface area contributed by atoms with E-state index in [1.54, 1.807) is 23.9 Å². The fraction of sp³-hybridized carbons (Fsp3) is 0.235. The Morgan fingerprint density at radius 2 is 1.52 bits per heavy atom. The number of carbonyl (C=O) groups excluding carboxylic acids is 1. The fourth-order valence-electron chi connectivity index (χ4n) is 1.92. The molecule has 0 fully saturated rings. The van der Waals surface area contributed by atoms with Crippen molar-refractivity contribution in [1.82, 2.24) is 0 Å². The van der Waals surface area contributed by atoms with Gasteiger partial charge in [-0.3, -0.25) is 4.79 Å². The number of ketones is 1. The lowest BCUT2D eigenvalue weighted by Gasteiger charge is -2.12. The van der Waals surface area contributed by atoms with Crippen molar-refractivity contribution >= 4 is 17.5 Å². The third kappa shape index (κ3) is 4.26. The number of hydrogen-bond donors (Lipinski definition) is 0. The molecule has 0 amide bonds. The van der Waals surface area contributed by atoms with Gasteiger partial charge in [-0.2, -0.15) is 0 Å². The third-order valence-electron chi connectivity index (χ3n) is 2.93. The van der Waals surface area contributed by atoms with Crippen LogP contribution in [0.15, 0.2) is 53.4 Å². The third-order valence-corrected chi connectivity index (χ3v) is 3.71. The highest BCUT2D eigenvalue weighted by atomic mass is 32.2. The van der Waals surface area contributed by atoms with Crippen LogP contribution in [0.5, 0.6) is 11.5 Å². The summed E-state index contributed by atoms with van der Waals surface area (Å²) < 4.78 is 11.4. The molecule has 2 rings (SSSR count). The smallest absolute Gasteiger partial charge is 0.163 e. The van der Waals surface area contributed by atoms with E-state index in [-0.39, 0.29) is 5.78 Å². The van der Waals surface area contributed by atoms with Crippen LogP contribution in [0.4, 0.5) is 0 Å². The Hall–Kier alpha value is -1.94. The molecule has 2 aromatic carbocycles. The van der Waals surface area contributed by atoms with Gasteiger partial charge in [0.2, 0.25) is 0 Å². The molecule has 0 spiro atoms. The molecule has 0 aliphatic carbocycles. The molecule has 0 aromatic heterocycles. The van der Waals surface area contributed by atoms with Crippen molar-refractivity contribution < 1.29 is 14.3 Å². The lowest BCUT2D eigenvalue weighted by molar-refractivity contribution is 0.101. The van der Waals surface area contributed by atoms with E-state index in [4.69, 9.17) is 9.47 Å². The Morgan fingerprint density at radius 1 is 0.952 bits per heavy atom. The van der Waals surface area contributed by atoms with Crippen LogP contribution in [0.2, 0.25) is 0 Å². The average molecular weight is 302 g/mol. The van der Waals surface area contributed by atoms with Gasteiger partial charge in [-0.05, 0) is 37.4 Å². The van der Waals surface area contributed by atoms with Crippen LogP contribution in [0.3, 0.4) is 0 Å². The molecule has 0 aliphatic heterocycles. The summed E-state index contributed by atoms with van der Waals surface area (Å²) in [6, 6.07) is 15.1. The molecule has 2 aromatic rings. The fourth-order valence-corrected chi connectivity index (χ4v) is 2.47. The van der Waals surface area contributed by atoms with E-state index in [0.29, 0.717) is 24.5 Å². The molecule has 0 bridgehead atoms. The second kappa shape index (κ2) is 7.74. The highest BCUT2D eigenvalue weighted by Gasteiger charge is 2.07. The molecule has 0 saturated carbocycles. The lowest BCUT2D eigenvalue weighted by Crippen LogP contribution is -2.11. The molecule has 4 heteroatoms. The van der Waals surface area contributed by atoms with E-state index >= 15 is 0 Å². The highest BCUT2D eigenvalue weighted by molar-refractivity contribution is 7.98. The van der Waals surface area contributed by atoms with Crippen LogP contribution in [-0.2, 0) is 0 Å². The number of benzene rings is 2. The van der Waals surface area contributed by atoms with Crippen LogP contribution in [0, 0.1) is 0 Å². The first-order valence-corrected chi connectivity index (χ1v) is 7.93. The van der Waals surface area contributed by atoms with Gasteiger partial charge in [-0.25, -0.2) is 0 Å². The topological polar surface area (TPSA) is 35.5 Å². The first-order valence-electron chi connectivity index (χ1n) is 6.71. The molecule has 21 heavy (non-hydrogen) atoms. The Labute approximate surface area is 129 Å². The van der Waals surface area contributed by atoms with Crippen LogP contribution in [0.25, 0.3) is 0 Å². The van der Waals surface area contributed by atoms with Crippen molar-refractivity contribution in [3.8, 4) is 11.5 Å². The van der Waals surface area contributed by atoms with Gasteiger partial charge in [0.25, 0.3) is 0 Å². The Balaban J connectivity index is 1.89. The summed E-state index contributed by atoms with van der Waals surface area (Å²) in [6.07, 6.45) is 2.02. The molecule has 0 aliphatic rings. The maximum Gasteiger partial charge on any atom is 0.163 e. The van der Waals surface area contributed by atoms with Crippen LogP contribution in [0.1, 0.15) is 17.3 Å². The van der Waals surface area contributed by atoms with E-state index in [0.717, 1.165) is 10.6 Å². The predicted molar refractivity (Wildman–Crippen MR) is 85.7 cm³/mol. The first kappa shape index (κ1) is 15.4. The van der Waals surface area contributed by atoms with Crippen LogP contribution >= 0.6 is 11.8 Å². The molecular weight excluding hydrogens is 284 g/mol. The van der Waals surface area contributed by atoms with Gasteiger partial charge in [-0.15, -0.1) is 11.8 Å². The molecule has 0 unspecified atom stereocenters. The maximum absolute atomic E-state index is 11.5. The molecular formula is C17H18O3S. The normalized spacial score (nSPS) is 10.2. The summed E-state index contributed by atoms with van der Waals surface area (Å²) in [5, 5.41) is 0. The number of ether oxygens (including phenoxy) is 2. The summed E-state index contributed by atoms with van der Waals surface area (Å²) in [6.45, 7) is 2.37. The minimum absolute atomic E-state index is 0.000697. The van der Waals surface area contributed by atoms with E-state index in [9.17, 15) is 4.79 Å². The number of carbonyl (C=O) groups is 1. The monoisotopic (exact) mass is 302 g/mol. The molecule has 0 N–H and O–H groups in total. The minimum Gasteiger partial charge on any atom is -0.489 e. The number of hydrogen-bond acceptors (Lipinski definition) is 4. The minimum atomic E-state index is -0.000697. The zero-order chi connectivity index (χ0) is 15.1. The second-order valence-electron chi connectivity index (χ2n) is 4.40. The van der Waals surface area contributed by atoms with Crippen molar-refractivity contribution in [3.05, 3.63) is 54.1 Å². The van der Waals surface area contributed by atoms with Gasteiger partial charge in [0.15, 0.2) is 5.78 Å². The van der Waals surface area contributed by atoms with Crippen molar-refractivity contribution in [1.29, 1.82) is 0 Å². The summed E-state index contributed by atoms with van der Waals surface area (Å²) in [7, 11) is 0. The van der Waals surface area contributed by atoms with Crippen LogP contribution < -0.4 is 9.47 Å². The molecule has 0 atom stereocenters. The molecule has 0 radical (unpaired) electrons. The van der Waals surface area contributed by atoms with Crippen molar-refractivity contribution in [2.24, 2.45) is 0 Å². The second-order valence-corrected chi connectivity index (χ2v) is 5.25. The first-order chi connectivity index (χ1) is 10.2. The predicted octanol–water partition coefficient (Wildman–Crippen LogP) is 4.07. The summed E-state index contributed by atoms with van der Waals surface area (Å²) >= 11 is 1.65. The zero-order valence-corrected chi connectivity index (χ0v) is 13.0. The van der Waals surface area contributed by atoms with E-state index in [1.165, 1.54) is 6.92 Å². The summed E-state index contributed by atoms with van der Waals surface area (Å²) in [5.74, 6) is 1.46. The quantitative estimate of drug-likeness (QED) is 0.439. The Bertz CT molecular complexity index is 610. The molecule has 0 saturated heterocycles. The molecule has 0 heterocycles. The Kier molecular flexibility index (Phi) is 5.69. The largest absolute Gasteiger partial charge is 0.489 e. The number of thioether (sulfide) groups is 1. The van der Waals surface area contributed by atoms with Crippen molar-refractivity contribution in [3.63, 3.8) is 0 Å². The average Bonchev–Trinajstić information content (AvgIpc) is 2.52. The van der Waals surface area contributed by atoms with Gasteiger partial charge in [0.05, 0.1) is 5.56 Å². The SMILES string of the molecule is CSc1ccccc1OCCOc1ccccc1C(C)=O. The van der Waals surface area contributed by atoms with Gasteiger partial charge in [-0.1, -0.05) is 24.3 Å². The van der Waals surface area contributed by atoms with E-state index in [2.05, 4.69) is 0 Å².